The first-order valence-electron chi connectivity index (χ1n) is 13.1. The predicted molar refractivity (Wildman–Crippen MR) is 149 cm³/mol. The molecule has 4 aromatic rings. The number of aromatic hydroxyl groups is 1. The van der Waals surface area contributed by atoms with Crippen molar-refractivity contribution in [2.45, 2.75) is 49.9 Å². The highest BCUT2D eigenvalue weighted by molar-refractivity contribution is 7.91. The fourth-order valence-electron chi connectivity index (χ4n) is 5.53. The maximum atomic E-state index is 12.6. The van der Waals surface area contributed by atoms with Gasteiger partial charge in [0, 0.05) is 35.2 Å². The van der Waals surface area contributed by atoms with E-state index >= 15 is 0 Å². The first-order chi connectivity index (χ1) is 18.0. The topological polar surface area (TPSA) is 100 Å². The summed E-state index contributed by atoms with van der Waals surface area (Å²) in [6, 6.07) is 17.2. The molecule has 0 saturated heterocycles. The third-order valence-corrected chi connectivity index (χ3v) is 10.6. The summed E-state index contributed by atoms with van der Waals surface area (Å²) >= 11 is 0. The largest absolute Gasteiger partial charge is 0.506 e. The minimum atomic E-state index is -3.38. The van der Waals surface area contributed by atoms with Gasteiger partial charge in [-0.05, 0) is 98.4 Å². The summed E-state index contributed by atoms with van der Waals surface area (Å²) in [5.74, 6) is 0.372. The van der Waals surface area contributed by atoms with Crippen molar-refractivity contribution in [1.29, 1.82) is 0 Å². The molecule has 2 N–H and O–H groups in total. The van der Waals surface area contributed by atoms with E-state index in [1.165, 1.54) is 6.26 Å². The Morgan fingerprint density at radius 1 is 0.868 bits per heavy atom. The van der Waals surface area contributed by atoms with Crippen LogP contribution in [0.2, 0.25) is 0 Å². The summed E-state index contributed by atoms with van der Waals surface area (Å²) in [6.07, 6.45) is 8.59. The van der Waals surface area contributed by atoms with Crippen molar-refractivity contribution in [2.75, 3.05) is 6.26 Å². The van der Waals surface area contributed by atoms with Crippen LogP contribution in [-0.4, -0.2) is 34.9 Å². The number of hydrogen-bond donors (Lipinski definition) is 2. The first kappa shape index (κ1) is 25.0. The SMILES string of the molecule is CC(C)(c1cc(-c2cccc(-c3cnc(C(O)(C4CC4)C4CC4)c(O)c3)c2)c2ncccc2c1)S(C)(=O)=O. The second kappa shape index (κ2) is 8.61. The molecule has 2 aromatic heterocycles. The molecular weight excluding hydrogens is 496 g/mol. The third kappa shape index (κ3) is 4.09. The van der Waals surface area contributed by atoms with Gasteiger partial charge in [-0.3, -0.25) is 9.97 Å². The van der Waals surface area contributed by atoms with Crippen LogP contribution in [0.5, 0.6) is 5.75 Å². The van der Waals surface area contributed by atoms with Crippen molar-refractivity contribution < 1.29 is 18.6 Å². The lowest BCUT2D eigenvalue weighted by Gasteiger charge is -2.28. The number of benzene rings is 2. The first-order valence-corrected chi connectivity index (χ1v) is 15.0. The molecule has 2 saturated carbocycles. The molecule has 38 heavy (non-hydrogen) atoms. The molecule has 0 amide bonds. The van der Waals surface area contributed by atoms with Crippen LogP contribution < -0.4 is 0 Å². The van der Waals surface area contributed by atoms with Gasteiger partial charge < -0.3 is 10.2 Å². The Kier molecular flexibility index (Phi) is 5.67. The molecule has 2 heterocycles. The minimum Gasteiger partial charge on any atom is -0.506 e. The van der Waals surface area contributed by atoms with Crippen molar-refractivity contribution in [3.63, 3.8) is 0 Å². The van der Waals surface area contributed by atoms with Gasteiger partial charge in [-0.25, -0.2) is 8.42 Å². The standard InChI is InChI=1S/C31H32N2O4S/c1-30(2,38(3,36)37)25-15-21-8-5-13-32-28(21)26(17-25)20-7-4-6-19(14-20)22-16-27(34)29(33-18-22)31(35,23-9-10-23)24-11-12-24/h4-8,13-18,23-24,34-35H,9-12H2,1-3H3. The summed E-state index contributed by atoms with van der Waals surface area (Å²) in [5.41, 5.74) is 4.16. The lowest BCUT2D eigenvalue weighted by Crippen LogP contribution is -2.32. The molecule has 2 fully saturated rings. The molecule has 2 aliphatic rings. The lowest BCUT2D eigenvalue weighted by atomic mass is 9.86. The summed E-state index contributed by atoms with van der Waals surface area (Å²) in [7, 11) is -3.38. The fourth-order valence-corrected chi connectivity index (χ4v) is 6.07. The zero-order valence-electron chi connectivity index (χ0n) is 21.8. The van der Waals surface area contributed by atoms with Crippen LogP contribution in [-0.2, 0) is 20.2 Å². The average molecular weight is 529 g/mol. The highest BCUT2D eigenvalue weighted by atomic mass is 32.2. The molecule has 7 heteroatoms. The van der Waals surface area contributed by atoms with Gasteiger partial charge >= 0.3 is 0 Å². The fraction of sp³-hybridized carbons (Fsp3) is 0.355. The Morgan fingerprint density at radius 2 is 1.55 bits per heavy atom. The summed E-state index contributed by atoms with van der Waals surface area (Å²) in [6.45, 7) is 3.45. The van der Waals surface area contributed by atoms with E-state index in [-0.39, 0.29) is 17.6 Å². The van der Waals surface area contributed by atoms with Gasteiger partial charge in [-0.15, -0.1) is 0 Å². The number of pyridine rings is 2. The highest BCUT2D eigenvalue weighted by Gasteiger charge is 2.56. The van der Waals surface area contributed by atoms with E-state index in [1.54, 1.807) is 32.3 Å². The number of nitrogens with zero attached hydrogens (tertiary/aromatic N) is 2. The average Bonchev–Trinajstić information content (AvgIpc) is 3.80. The zero-order chi connectivity index (χ0) is 26.9. The molecule has 0 atom stereocenters. The number of aromatic nitrogens is 2. The summed E-state index contributed by atoms with van der Waals surface area (Å²) in [5, 5.41) is 23.3. The Morgan fingerprint density at radius 3 is 2.18 bits per heavy atom. The number of sulfone groups is 1. The van der Waals surface area contributed by atoms with Crippen molar-refractivity contribution >= 4 is 20.7 Å². The van der Waals surface area contributed by atoms with Crippen molar-refractivity contribution in [2.24, 2.45) is 11.8 Å². The molecule has 0 spiro atoms. The van der Waals surface area contributed by atoms with Crippen LogP contribution in [0.25, 0.3) is 33.2 Å². The highest BCUT2D eigenvalue weighted by Crippen LogP contribution is 2.58. The van der Waals surface area contributed by atoms with E-state index in [1.807, 2.05) is 48.5 Å². The van der Waals surface area contributed by atoms with Crippen molar-refractivity contribution in [3.8, 4) is 28.0 Å². The van der Waals surface area contributed by atoms with Crippen LogP contribution in [0, 0.1) is 11.8 Å². The van der Waals surface area contributed by atoms with E-state index in [4.69, 9.17) is 0 Å². The van der Waals surface area contributed by atoms with Crippen LogP contribution in [0.3, 0.4) is 0 Å². The van der Waals surface area contributed by atoms with Gasteiger partial charge in [-0.2, -0.15) is 0 Å². The Bertz CT molecular complexity index is 1660. The second-order valence-electron chi connectivity index (χ2n) is 11.4. The normalized spacial score (nSPS) is 16.6. The quantitative estimate of drug-likeness (QED) is 0.307. The van der Waals surface area contributed by atoms with Gasteiger partial charge in [0.2, 0.25) is 0 Å². The van der Waals surface area contributed by atoms with E-state index in [0.29, 0.717) is 11.3 Å². The molecule has 2 aromatic carbocycles. The lowest BCUT2D eigenvalue weighted by molar-refractivity contribution is -0.0164. The van der Waals surface area contributed by atoms with E-state index in [0.717, 1.165) is 58.8 Å². The molecule has 0 bridgehead atoms. The summed E-state index contributed by atoms with van der Waals surface area (Å²) < 4.78 is 24.2. The maximum Gasteiger partial charge on any atom is 0.156 e. The molecule has 6 nitrogen and oxygen atoms in total. The molecule has 6 rings (SSSR count). The Labute approximate surface area is 223 Å². The van der Waals surface area contributed by atoms with Crippen LogP contribution in [0.4, 0.5) is 0 Å². The zero-order valence-corrected chi connectivity index (χ0v) is 22.7. The second-order valence-corrected chi connectivity index (χ2v) is 14.0. The van der Waals surface area contributed by atoms with Crippen molar-refractivity contribution in [3.05, 3.63) is 78.2 Å². The molecule has 0 aliphatic heterocycles. The Balaban J connectivity index is 1.44. The van der Waals surface area contributed by atoms with E-state index in [9.17, 15) is 18.6 Å². The Hall–Kier alpha value is -3.29. The summed E-state index contributed by atoms with van der Waals surface area (Å²) in [4.78, 5) is 9.21. The van der Waals surface area contributed by atoms with Gasteiger partial charge in [0.1, 0.15) is 17.0 Å². The monoisotopic (exact) mass is 528 g/mol. The number of aliphatic hydroxyl groups is 1. The van der Waals surface area contributed by atoms with Crippen molar-refractivity contribution in [1.82, 2.24) is 9.97 Å². The number of fused-ring (bicyclic) bond motifs is 1. The van der Waals surface area contributed by atoms with Gasteiger partial charge in [-0.1, -0.05) is 24.3 Å². The molecule has 2 aliphatic carbocycles. The van der Waals surface area contributed by atoms with Gasteiger partial charge in [0.25, 0.3) is 0 Å². The van der Waals surface area contributed by atoms with Crippen LogP contribution in [0.15, 0.2) is 67.0 Å². The number of rotatable bonds is 7. The molecule has 196 valence electrons. The minimum absolute atomic E-state index is 0.0261. The molecular formula is C31H32N2O4S. The molecule has 0 radical (unpaired) electrons. The molecule has 0 unspecified atom stereocenters. The maximum absolute atomic E-state index is 12.6. The number of hydrogen-bond acceptors (Lipinski definition) is 6. The van der Waals surface area contributed by atoms with Gasteiger partial charge in [0.15, 0.2) is 9.84 Å². The van der Waals surface area contributed by atoms with E-state index in [2.05, 4.69) is 9.97 Å². The van der Waals surface area contributed by atoms with Gasteiger partial charge in [0.05, 0.1) is 10.3 Å². The van der Waals surface area contributed by atoms with Crippen LogP contribution >= 0.6 is 0 Å². The predicted octanol–water partition coefficient (Wildman–Crippen LogP) is 5.96. The van der Waals surface area contributed by atoms with E-state index < -0.39 is 20.2 Å². The smallest absolute Gasteiger partial charge is 0.156 e. The third-order valence-electron chi connectivity index (χ3n) is 8.48. The van der Waals surface area contributed by atoms with Crippen LogP contribution in [0.1, 0.15) is 50.8 Å².